The molecule has 6 heteroatoms. The van der Waals surface area contributed by atoms with Crippen LogP contribution in [0.2, 0.25) is 0 Å². The Kier molecular flexibility index (Phi) is 7.55. The molecule has 0 fully saturated rings. The minimum absolute atomic E-state index is 0.0656. The zero-order valence-electron chi connectivity index (χ0n) is 13.1. The maximum Gasteiger partial charge on any atom is 0.347 e. The van der Waals surface area contributed by atoms with Gasteiger partial charge in [0.1, 0.15) is 0 Å². The molecule has 0 unspecified atom stereocenters. The van der Waals surface area contributed by atoms with Gasteiger partial charge in [-0.2, -0.15) is 0 Å². The van der Waals surface area contributed by atoms with Crippen LogP contribution in [0.5, 0.6) is 0 Å². The Bertz CT molecular complexity index is 545. The average molecular weight is 330 g/mol. The zero-order valence-corrected chi connectivity index (χ0v) is 15.1. The van der Waals surface area contributed by atoms with E-state index in [0.29, 0.717) is 0 Å². The topological polar surface area (TPSA) is 52.6 Å². The average Bonchev–Trinajstić information content (AvgIpc) is 2.46. The maximum absolute atomic E-state index is 12.1. The molecule has 0 N–H and O–H groups in total. The number of benzene rings is 1. The van der Waals surface area contributed by atoms with Crippen LogP contribution in [0.3, 0.4) is 0 Å². The third-order valence-electron chi connectivity index (χ3n) is 2.37. The first kappa shape index (κ1) is 18.1. The van der Waals surface area contributed by atoms with Gasteiger partial charge in [0.2, 0.25) is 0 Å². The summed E-state index contributed by atoms with van der Waals surface area (Å²) in [4.78, 5) is 24.1. The zero-order chi connectivity index (χ0) is 16.5. The summed E-state index contributed by atoms with van der Waals surface area (Å²) in [5.41, 5.74) is 6.25. The summed E-state index contributed by atoms with van der Waals surface area (Å²) in [5.74, 6) is -1.04. The maximum atomic E-state index is 12.1. The Labute approximate surface area is 136 Å². The van der Waals surface area contributed by atoms with E-state index in [0.717, 1.165) is 11.1 Å². The molecule has 0 aromatic heterocycles. The lowest BCUT2D eigenvalue weighted by Gasteiger charge is -2.08. The monoisotopic (exact) mass is 330 g/mol. The van der Waals surface area contributed by atoms with Gasteiger partial charge in [0.15, 0.2) is 0 Å². The van der Waals surface area contributed by atoms with E-state index in [9.17, 15) is 9.59 Å². The Morgan fingerprint density at radius 2 is 1.18 bits per heavy atom. The summed E-state index contributed by atoms with van der Waals surface area (Å²) in [6.45, 7) is 7.71. The van der Waals surface area contributed by atoms with Crippen molar-refractivity contribution in [3.8, 4) is 0 Å². The highest BCUT2D eigenvalue weighted by Crippen LogP contribution is 2.12. The molecular formula is C16H18O4Si2. The standard InChI is InChI=1S/C16H18O4Si2/c1-11(2)9-21-19-15(17)13-7-5-6-8-14(13)16(18)20-22-10-12(3)4/h5-10H,1-4H3. The van der Waals surface area contributed by atoms with Crippen LogP contribution in [-0.2, 0) is 8.85 Å². The van der Waals surface area contributed by atoms with Crippen LogP contribution in [-0.4, -0.2) is 31.5 Å². The van der Waals surface area contributed by atoms with Crippen molar-refractivity contribution in [2.75, 3.05) is 0 Å². The van der Waals surface area contributed by atoms with Crippen LogP contribution in [0.1, 0.15) is 48.4 Å². The molecule has 0 saturated heterocycles. The summed E-state index contributed by atoms with van der Waals surface area (Å²) in [6.07, 6.45) is 0. The molecule has 4 nitrogen and oxygen atoms in total. The van der Waals surface area contributed by atoms with Crippen molar-refractivity contribution in [3.05, 3.63) is 57.9 Å². The molecule has 1 aromatic rings. The van der Waals surface area contributed by atoms with Crippen molar-refractivity contribution in [2.45, 2.75) is 27.7 Å². The highest BCUT2D eigenvalue weighted by atomic mass is 28.2. The molecule has 0 heterocycles. The Morgan fingerprint density at radius 3 is 1.50 bits per heavy atom. The molecule has 0 bridgehead atoms. The third-order valence-corrected chi connectivity index (χ3v) is 4.36. The molecule has 114 valence electrons. The normalized spacial score (nSPS) is 9.64. The second kappa shape index (κ2) is 9.16. The number of rotatable bonds is 6. The van der Waals surface area contributed by atoms with E-state index in [1.54, 1.807) is 24.3 Å². The summed E-state index contributed by atoms with van der Waals surface area (Å²) >= 11 is 0. The lowest BCUT2D eigenvalue weighted by atomic mass is 10.1. The van der Waals surface area contributed by atoms with E-state index in [1.807, 2.05) is 39.1 Å². The van der Waals surface area contributed by atoms with Crippen LogP contribution in [0.4, 0.5) is 0 Å². The summed E-state index contributed by atoms with van der Waals surface area (Å²) in [5, 5.41) is 0. The van der Waals surface area contributed by atoms with Crippen molar-refractivity contribution in [1.82, 2.24) is 0 Å². The molecule has 1 aromatic carbocycles. The van der Waals surface area contributed by atoms with Crippen LogP contribution < -0.4 is 0 Å². The van der Waals surface area contributed by atoms with E-state index in [1.165, 1.54) is 0 Å². The van der Waals surface area contributed by atoms with Gasteiger partial charge in [-0.05, 0) is 39.8 Å². The number of carbonyl (C=O) groups excluding carboxylic acids is 2. The van der Waals surface area contributed by atoms with Gasteiger partial charge in [-0.15, -0.1) is 0 Å². The molecule has 1 rings (SSSR count). The van der Waals surface area contributed by atoms with Gasteiger partial charge in [0.25, 0.3) is 0 Å². The Morgan fingerprint density at radius 1 is 0.818 bits per heavy atom. The predicted molar refractivity (Wildman–Crippen MR) is 87.6 cm³/mol. The lowest BCUT2D eigenvalue weighted by Crippen LogP contribution is -2.16. The van der Waals surface area contributed by atoms with Gasteiger partial charge < -0.3 is 8.85 Å². The summed E-state index contributed by atoms with van der Waals surface area (Å²) in [7, 11) is -0.131. The molecule has 0 aliphatic rings. The molecular weight excluding hydrogens is 312 g/mol. The first-order valence-corrected chi connectivity index (χ1v) is 8.68. The van der Waals surface area contributed by atoms with Gasteiger partial charge in [-0.1, -0.05) is 34.7 Å². The number of hydrogen-bond donors (Lipinski definition) is 0. The highest BCUT2D eigenvalue weighted by Gasteiger charge is 2.18. The van der Waals surface area contributed by atoms with Crippen molar-refractivity contribution in [3.63, 3.8) is 0 Å². The quantitative estimate of drug-likeness (QED) is 0.752. The molecule has 0 amide bonds. The largest absolute Gasteiger partial charge is 0.508 e. The molecule has 0 spiro atoms. The number of carbonyl (C=O) groups is 2. The van der Waals surface area contributed by atoms with E-state index in [2.05, 4.69) is 0 Å². The van der Waals surface area contributed by atoms with E-state index in [4.69, 9.17) is 8.85 Å². The second-order valence-corrected chi connectivity index (χ2v) is 6.46. The first-order valence-electron chi connectivity index (χ1n) is 6.71. The number of hydrogen-bond acceptors (Lipinski definition) is 4. The molecule has 0 saturated carbocycles. The van der Waals surface area contributed by atoms with Crippen molar-refractivity contribution in [1.29, 1.82) is 0 Å². The SMILES string of the molecule is CC(C)=C[Si]OC(=O)c1ccccc1C(=O)O[Si]C=C(C)C. The van der Waals surface area contributed by atoms with E-state index < -0.39 is 11.9 Å². The van der Waals surface area contributed by atoms with Gasteiger partial charge in [0.05, 0.1) is 11.1 Å². The summed E-state index contributed by atoms with van der Waals surface area (Å²) in [6, 6.07) is 6.51. The second-order valence-electron chi connectivity index (χ2n) is 5.00. The predicted octanol–water partition coefficient (Wildman–Crippen LogP) is 3.09. The fourth-order valence-electron chi connectivity index (χ4n) is 1.35. The number of allylic oxidation sites excluding steroid dienone is 2. The van der Waals surface area contributed by atoms with E-state index in [-0.39, 0.29) is 30.7 Å². The lowest BCUT2D eigenvalue weighted by molar-refractivity contribution is 0.0701. The smallest absolute Gasteiger partial charge is 0.347 e. The first-order chi connectivity index (χ1) is 10.4. The minimum Gasteiger partial charge on any atom is -0.508 e. The Balaban J connectivity index is 2.80. The van der Waals surface area contributed by atoms with Gasteiger partial charge >= 0.3 is 31.5 Å². The molecule has 0 aliphatic heterocycles. The van der Waals surface area contributed by atoms with Crippen molar-refractivity contribution < 1.29 is 18.4 Å². The molecule has 0 aliphatic carbocycles. The van der Waals surface area contributed by atoms with Gasteiger partial charge in [-0.3, -0.25) is 0 Å². The fourth-order valence-corrected chi connectivity index (χ4v) is 2.37. The van der Waals surface area contributed by atoms with E-state index >= 15 is 0 Å². The van der Waals surface area contributed by atoms with Crippen molar-refractivity contribution >= 4 is 31.5 Å². The van der Waals surface area contributed by atoms with Gasteiger partial charge in [0, 0.05) is 0 Å². The minimum atomic E-state index is -0.520. The van der Waals surface area contributed by atoms with Crippen LogP contribution in [0, 0.1) is 0 Å². The van der Waals surface area contributed by atoms with Gasteiger partial charge in [-0.25, -0.2) is 9.59 Å². The Hall–Kier alpha value is -1.93. The third kappa shape index (κ3) is 6.23. The van der Waals surface area contributed by atoms with Crippen LogP contribution in [0.15, 0.2) is 46.8 Å². The van der Waals surface area contributed by atoms with Crippen LogP contribution in [0.25, 0.3) is 0 Å². The van der Waals surface area contributed by atoms with Crippen molar-refractivity contribution in [2.24, 2.45) is 0 Å². The molecule has 22 heavy (non-hydrogen) atoms. The molecule has 0 atom stereocenters. The highest BCUT2D eigenvalue weighted by molar-refractivity contribution is 6.39. The summed E-state index contributed by atoms with van der Waals surface area (Å²) < 4.78 is 10.3. The molecule has 4 radical (unpaired) electrons. The van der Waals surface area contributed by atoms with Crippen LogP contribution >= 0.6 is 0 Å². The fraction of sp³-hybridized carbons (Fsp3) is 0.250.